The van der Waals surface area contributed by atoms with Gasteiger partial charge in [-0.25, -0.2) is 4.98 Å². The number of rotatable bonds is 4. The van der Waals surface area contributed by atoms with Crippen molar-refractivity contribution in [2.75, 3.05) is 18.5 Å². The summed E-state index contributed by atoms with van der Waals surface area (Å²) in [4.78, 5) is 23.6. The van der Waals surface area contributed by atoms with Crippen molar-refractivity contribution in [1.82, 2.24) is 15.0 Å². The van der Waals surface area contributed by atoms with Crippen molar-refractivity contribution in [3.8, 4) is 0 Å². The van der Waals surface area contributed by atoms with Crippen molar-refractivity contribution in [1.29, 1.82) is 0 Å². The Morgan fingerprint density at radius 1 is 1.25 bits per heavy atom. The van der Waals surface area contributed by atoms with E-state index in [1.807, 2.05) is 13.0 Å². The number of ether oxygens (including phenoxy) is 1. The molecule has 2 aromatic rings. The van der Waals surface area contributed by atoms with Gasteiger partial charge in [0.2, 0.25) is 5.95 Å². The van der Waals surface area contributed by atoms with Gasteiger partial charge in [-0.2, -0.15) is 9.97 Å². The third kappa shape index (κ3) is 3.54. The van der Waals surface area contributed by atoms with Crippen molar-refractivity contribution in [3.05, 3.63) is 51.6 Å². The van der Waals surface area contributed by atoms with Gasteiger partial charge in [-0.15, -0.1) is 0 Å². The summed E-state index contributed by atoms with van der Waals surface area (Å²) in [6.07, 6.45) is 2.71. The SMILES string of the molecule is Cc1nc(Nc2cc([N+](=O)[O-])ccc2C)nc(C2=CCOCC2)n1. The minimum Gasteiger partial charge on any atom is -0.377 e. The Morgan fingerprint density at radius 2 is 2.08 bits per heavy atom. The number of nitrogens with zero attached hydrogens (tertiary/aromatic N) is 4. The summed E-state index contributed by atoms with van der Waals surface area (Å²) in [6.45, 7) is 4.84. The molecule has 0 bridgehead atoms. The first kappa shape index (κ1) is 16.0. The molecule has 1 aromatic carbocycles. The van der Waals surface area contributed by atoms with Gasteiger partial charge in [0.05, 0.1) is 23.8 Å². The van der Waals surface area contributed by atoms with Gasteiger partial charge in [-0.05, 0) is 31.4 Å². The van der Waals surface area contributed by atoms with Crippen LogP contribution in [0, 0.1) is 24.0 Å². The second kappa shape index (κ2) is 6.71. The van der Waals surface area contributed by atoms with Gasteiger partial charge in [0.1, 0.15) is 5.82 Å². The Bertz CT molecular complexity index is 819. The van der Waals surface area contributed by atoms with E-state index in [1.165, 1.54) is 12.1 Å². The molecule has 0 radical (unpaired) electrons. The summed E-state index contributed by atoms with van der Waals surface area (Å²) in [5.41, 5.74) is 2.50. The smallest absolute Gasteiger partial charge is 0.271 e. The van der Waals surface area contributed by atoms with Crippen molar-refractivity contribution >= 4 is 22.9 Å². The first-order chi connectivity index (χ1) is 11.5. The molecule has 3 rings (SSSR count). The highest BCUT2D eigenvalue weighted by molar-refractivity contribution is 5.65. The fourth-order valence-corrected chi connectivity index (χ4v) is 2.39. The molecule has 0 aliphatic carbocycles. The second-order valence-electron chi connectivity index (χ2n) is 5.47. The molecule has 1 aliphatic rings. The number of hydrogen-bond acceptors (Lipinski definition) is 7. The molecule has 0 saturated carbocycles. The third-order valence-corrected chi connectivity index (χ3v) is 3.68. The van der Waals surface area contributed by atoms with E-state index in [9.17, 15) is 10.1 Å². The normalized spacial score (nSPS) is 14.2. The van der Waals surface area contributed by atoms with Crippen LogP contribution in [0.5, 0.6) is 0 Å². The Morgan fingerprint density at radius 3 is 2.79 bits per heavy atom. The number of benzene rings is 1. The van der Waals surface area contributed by atoms with E-state index in [4.69, 9.17) is 4.74 Å². The van der Waals surface area contributed by atoms with E-state index in [0.717, 1.165) is 17.6 Å². The fourth-order valence-electron chi connectivity index (χ4n) is 2.39. The van der Waals surface area contributed by atoms with Crippen LogP contribution in [0.1, 0.15) is 23.6 Å². The molecule has 1 N–H and O–H groups in total. The second-order valence-corrected chi connectivity index (χ2v) is 5.47. The average Bonchev–Trinajstić information content (AvgIpc) is 2.57. The van der Waals surface area contributed by atoms with E-state index >= 15 is 0 Å². The van der Waals surface area contributed by atoms with Gasteiger partial charge in [0, 0.05) is 12.1 Å². The van der Waals surface area contributed by atoms with Crippen LogP contribution in [0.25, 0.3) is 5.57 Å². The summed E-state index contributed by atoms with van der Waals surface area (Å²) in [6, 6.07) is 4.63. The number of aromatic nitrogens is 3. The standard InChI is InChI=1S/C16H17N5O3/c1-10-3-4-13(21(22)23)9-14(10)19-16-18-11(2)17-15(20-16)12-5-7-24-8-6-12/h3-5,9H,6-8H2,1-2H3,(H,17,18,19,20). The van der Waals surface area contributed by atoms with E-state index in [2.05, 4.69) is 20.3 Å². The Labute approximate surface area is 138 Å². The summed E-state index contributed by atoms with van der Waals surface area (Å²) in [5.74, 6) is 1.56. The predicted octanol–water partition coefficient (Wildman–Crippen LogP) is 2.94. The molecule has 0 amide bonds. The quantitative estimate of drug-likeness (QED) is 0.680. The molecule has 8 nitrogen and oxygen atoms in total. The topological polar surface area (TPSA) is 103 Å². The van der Waals surface area contributed by atoms with Gasteiger partial charge in [0.15, 0.2) is 5.82 Å². The van der Waals surface area contributed by atoms with Crippen LogP contribution in [-0.4, -0.2) is 33.1 Å². The maximum atomic E-state index is 10.9. The van der Waals surface area contributed by atoms with Gasteiger partial charge < -0.3 is 10.1 Å². The Hall–Kier alpha value is -2.87. The highest BCUT2D eigenvalue weighted by Crippen LogP contribution is 2.25. The van der Waals surface area contributed by atoms with Crippen LogP contribution in [0.4, 0.5) is 17.3 Å². The largest absolute Gasteiger partial charge is 0.377 e. The zero-order valence-corrected chi connectivity index (χ0v) is 13.4. The number of nitrogens with one attached hydrogen (secondary N) is 1. The van der Waals surface area contributed by atoms with E-state index in [-0.39, 0.29) is 5.69 Å². The lowest BCUT2D eigenvalue weighted by Gasteiger charge is -2.14. The third-order valence-electron chi connectivity index (χ3n) is 3.68. The highest BCUT2D eigenvalue weighted by Gasteiger charge is 2.14. The molecule has 8 heteroatoms. The summed E-state index contributed by atoms with van der Waals surface area (Å²) >= 11 is 0. The first-order valence-electron chi connectivity index (χ1n) is 7.55. The molecule has 0 fully saturated rings. The number of non-ortho nitro benzene ring substituents is 1. The van der Waals surface area contributed by atoms with E-state index < -0.39 is 4.92 Å². The maximum Gasteiger partial charge on any atom is 0.271 e. The molecular formula is C16H17N5O3. The van der Waals surface area contributed by atoms with Crippen LogP contribution >= 0.6 is 0 Å². The summed E-state index contributed by atoms with van der Waals surface area (Å²) < 4.78 is 5.30. The van der Waals surface area contributed by atoms with Gasteiger partial charge in [-0.3, -0.25) is 10.1 Å². The molecule has 1 aliphatic heterocycles. The lowest BCUT2D eigenvalue weighted by molar-refractivity contribution is -0.384. The van der Waals surface area contributed by atoms with Crippen LogP contribution in [0.3, 0.4) is 0 Å². The van der Waals surface area contributed by atoms with Crippen molar-refractivity contribution < 1.29 is 9.66 Å². The lowest BCUT2D eigenvalue weighted by atomic mass is 10.1. The molecule has 0 atom stereocenters. The summed E-state index contributed by atoms with van der Waals surface area (Å²) in [5, 5.41) is 14.0. The molecular weight excluding hydrogens is 310 g/mol. The highest BCUT2D eigenvalue weighted by atomic mass is 16.6. The van der Waals surface area contributed by atoms with E-state index in [0.29, 0.717) is 36.5 Å². The van der Waals surface area contributed by atoms with Crippen LogP contribution < -0.4 is 5.32 Å². The van der Waals surface area contributed by atoms with Crippen LogP contribution in [0.2, 0.25) is 0 Å². The fraction of sp³-hybridized carbons (Fsp3) is 0.312. The molecule has 0 saturated heterocycles. The minimum atomic E-state index is -0.429. The van der Waals surface area contributed by atoms with E-state index in [1.54, 1.807) is 13.0 Å². The molecule has 1 aromatic heterocycles. The molecule has 0 unspecified atom stereocenters. The Balaban J connectivity index is 1.93. The number of anilines is 2. The molecule has 124 valence electrons. The lowest BCUT2D eigenvalue weighted by Crippen LogP contribution is -2.10. The monoisotopic (exact) mass is 327 g/mol. The van der Waals surface area contributed by atoms with Crippen molar-refractivity contribution in [2.45, 2.75) is 20.3 Å². The van der Waals surface area contributed by atoms with Gasteiger partial charge >= 0.3 is 0 Å². The number of nitro benzene ring substituents is 1. The molecule has 24 heavy (non-hydrogen) atoms. The number of nitro groups is 1. The maximum absolute atomic E-state index is 10.9. The zero-order chi connectivity index (χ0) is 17.1. The Kier molecular flexibility index (Phi) is 4.48. The summed E-state index contributed by atoms with van der Waals surface area (Å²) in [7, 11) is 0. The molecule has 0 spiro atoms. The number of aryl methyl sites for hydroxylation is 2. The minimum absolute atomic E-state index is 0.0150. The average molecular weight is 327 g/mol. The van der Waals surface area contributed by atoms with Crippen molar-refractivity contribution in [3.63, 3.8) is 0 Å². The first-order valence-corrected chi connectivity index (χ1v) is 7.55. The van der Waals surface area contributed by atoms with Crippen LogP contribution in [-0.2, 0) is 4.74 Å². The number of hydrogen-bond donors (Lipinski definition) is 1. The predicted molar refractivity (Wildman–Crippen MR) is 89.1 cm³/mol. The van der Waals surface area contributed by atoms with Gasteiger partial charge in [-0.1, -0.05) is 12.1 Å². The van der Waals surface area contributed by atoms with Crippen LogP contribution in [0.15, 0.2) is 24.3 Å². The van der Waals surface area contributed by atoms with Crippen molar-refractivity contribution in [2.24, 2.45) is 0 Å². The zero-order valence-electron chi connectivity index (χ0n) is 13.4. The molecule has 2 heterocycles. The van der Waals surface area contributed by atoms with Gasteiger partial charge in [0.25, 0.3) is 5.69 Å².